The van der Waals surface area contributed by atoms with Crippen molar-refractivity contribution in [2.24, 2.45) is 5.92 Å². The van der Waals surface area contributed by atoms with Gasteiger partial charge in [0.2, 0.25) is 0 Å². The number of nitrogens with zero attached hydrogens (tertiary/aromatic N) is 2. The summed E-state index contributed by atoms with van der Waals surface area (Å²) < 4.78 is 2.32. The normalized spacial score (nSPS) is 18.0. The SMILES string of the molecule is CCNC(Cn1ccnc1C(C)C)C1CC1. The Kier molecular flexibility index (Phi) is 3.64. The van der Waals surface area contributed by atoms with E-state index in [4.69, 9.17) is 0 Å². The zero-order valence-electron chi connectivity index (χ0n) is 10.6. The van der Waals surface area contributed by atoms with E-state index in [1.165, 1.54) is 18.7 Å². The molecule has 0 saturated heterocycles. The first-order chi connectivity index (χ1) is 7.72. The standard InChI is InChI=1S/C13H23N3/c1-4-14-12(11-5-6-11)9-16-8-7-15-13(16)10(2)3/h7-8,10-12,14H,4-6,9H2,1-3H3. The van der Waals surface area contributed by atoms with E-state index in [0.717, 1.165) is 19.0 Å². The molecular formula is C13H23N3. The van der Waals surface area contributed by atoms with Gasteiger partial charge in [-0.25, -0.2) is 4.98 Å². The molecule has 0 bridgehead atoms. The Morgan fingerprint density at radius 3 is 2.81 bits per heavy atom. The average Bonchev–Trinajstić information content (AvgIpc) is 2.98. The smallest absolute Gasteiger partial charge is 0.111 e. The Balaban J connectivity index is 2.02. The van der Waals surface area contributed by atoms with Crippen molar-refractivity contribution >= 4 is 0 Å². The molecule has 16 heavy (non-hydrogen) atoms. The molecule has 3 heteroatoms. The molecular weight excluding hydrogens is 198 g/mol. The molecule has 0 radical (unpaired) electrons. The van der Waals surface area contributed by atoms with E-state index in [-0.39, 0.29) is 0 Å². The van der Waals surface area contributed by atoms with Gasteiger partial charge >= 0.3 is 0 Å². The van der Waals surface area contributed by atoms with Crippen LogP contribution < -0.4 is 5.32 Å². The van der Waals surface area contributed by atoms with E-state index >= 15 is 0 Å². The van der Waals surface area contributed by atoms with E-state index in [9.17, 15) is 0 Å². The second-order valence-electron chi connectivity index (χ2n) is 5.09. The maximum absolute atomic E-state index is 4.44. The molecule has 0 aromatic carbocycles. The van der Waals surface area contributed by atoms with Crippen LogP contribution in [0.2, 0.25) is 0 Å². The minimum Gasteiger partial charge on any atom is -0.333 e. The highest BCUT2D eigenvalue weighted by Crippen LogP contribution is 2.33. The van der Waals surface area contributed by atoms with Crippen molar-refractivity contribution in [1.29, 1.82) is 0 Å². The summed E-state index contributed by atoms with van der Waals surface area (Å²) in [7, 11) is 0. The third kappa shape index (κ3) is 2.64. The van der Waals surface area contributed by atoms with E-state index in [1.807, 2.05) is 6.20 Å². The summed E-state index contributed by atoms with van der Waals surface area (Å²) in [6.07, 6.45) is 6.82. The van der Waals surface area contributed by atoms with E-state index in [2.05, 4.69) is 41.8 Å². The first kappa shape index (κ1) is 11.6. The zero-order chi connectivity index (χ0) is 11.5. The van der Waals surface area contributed by atoms with Gasteiger partial charge in [0.1, 0.15) is 5.82 Å². The largest absolute Gasteiger partial charge is 0.333 e. The van der Waals surface area contributed by atoms with E-state index in [1.54, 1.807) is 0 Å². The molecule has 1 saturated carbocycles. The molecule has 0 amide bonds. The first-order valence-electron chi connectivity index (χ1n) is 6.46. The predicted molar refractivity (Wildman–Crippen MR) is 66.5 cm³/mol. The van der Waals surface area contributed by atoms with Gasteiger partial charge in [-0.1, -0.05) is 20.8 Å². The second-order valence-corrected chi connectivity index (χ2v) is 5.09. The lowest BCUT2D eigenvalue weighted by Crippen LogP contribution is -2.35. The molecule has 1 aromatic heterocycles. The van der Waals surface area contributed by atoms with Gasteiger partial charge in [0.15, 0.2) is 0 Å². The van der Waals surface area contributed by atoms with Gasteiger partial charge in [-0.3, -0.25) is 0 Å². The summed E-state index contributed by atoms with van der Waals surface area (Å²) in [6, 6.07) is 0.636. The molecule has 1 N–H and O–H groups in total. The molecule has 1 fully saturated rings. The number of aromatic nitrogens is 2. The van der Waals surface area contributed by atoms with Gasteiger partial charge in [-0.05, 0) is 25.3 Å². The van der Waals surface area contributed by atoms with Gasteiger partial charge in [0.25, 0.3) is 0 Å². The van der Waals surface area contributed by atoms with Crippen LogP contribution in [0.15, 0.2) is 12.4 Å². The highest BCUT2D eigenvalue weighted by Gasteiger charge is 2.31. The fourth-order valence-electron chi connectivity index (χ4n) is 2.33. The van der Waals surface area contributed by atoms with Crippen LogP contribution in [-0.4, -0.2) is 22.1 Å². The van der Waals surface area contributed by atoms with Gasteiger partial charge in [-0.15, -0.1) is 0 Å². The number of likely N-dealkylation sites (N-methyl/N-ethyl adjacent to an activating group) is 1. The Bertz CT molecular complexity index is 326. The van der Waals surface area contributed by atoms with Crippen molar-refractivity contribution in [3.63, 3.8) is 0 Å². The van der Waals surface area contributed by atoms with Crippen molar-refractivity contribution in [2.75, 3.05) is 6.54 Å². The summed E-state index contributed by atoms with van der Waals surface area (Å²) in [4.78, 5) is 4.44. The zero-order valence-corrected chi connectivity index (χ0v) is 10.6. The Morgan fingerprint density at radius 1 is 1.50 bits per heavy atom. The van der Waals surface area contributed by atoms with Crippen LogP contribution in [0.1, 0.15) is 45.4 Å². The summed E-state index contributed by atoms with van der Waals surface area (Å²) in [5.41, 5.74) is 0. The van der Waals surface area contributed by atoms with Crippen molar-refractivity contribution in [1.82, 2.24) is 14.9 Å². The van der Waals surface area contributed by atoms with Crippen LogP contribution in [0.25, 0.3) is 0 Å². The molecule has 1 heterocycles. The third-order valence-electron chi connectivity index (χ3n) is 3.31. The maximum atomic E-state index is 4.44. The van der Waals surface area contributed by atoms with Crippen molar-refractivity contribution in [3.8, 4) is 0 Å². The minimum atomic E-state index is 0.511. The lowest BCUT2D eigenvalue weighted by Gasteiger charge is -2.20. The van der Waals surface area contributed by atoms with Crippen LogP contribution in [0.4, 0.5) is 0 Å². The van der Waals surface area contributed by atoms with Crippen LogP contribution >= 0.6 is 0 Å². The Hall–Kier alpha value is -0.830. The predicted octanol–water partition coefficient (Wildman–Crippen LogP) is 2.39. The summed E-state index contributed by atoms with van der Waals surface area (Å²) in [6.45, 7) is 8.74. The summed E-state index contributed by atoms with van der Waals surface area (Å²) in [5, 5.41) is 3.60. The van der Waals surface area contributed by atoms with Gasteiger partial charge < -0.3 is 9.88 Å². The molecule has 2 rings (SSSR count). The summed E-state index contributed by atoms with van der Waals surface area (Å²) >= 11 is 0. The quantitative estimate of drug-likeness (QED) is 0.799. The maximum Gasteiger partial charge on any atom is 0.111 e. The molecule has 90 valence electrons. The van der Waals surface area contributed by atoms with Crippen molar-refractivity contribution < 1.29 is 0 Å². The number of rotatable bonds is 6. The monoisotopic (exact) mass is 221 g/mol. The van der Waals surface area contributed by atoms with Crippen molar-refractivity contribution in [3.05, 3.63) is 18.2 Å². The van der Waals surface area contributed by atoms with E-state index in [0.29, 0.717) is 12.0 Å². The fourth-order valence-corrected chi connectivity index (χ4v) is 2.33. The lowest BCUT2D eigenvalue weighted by molar-refractivity contribution is 0.406. The molecule has 3 nitrogen and oxygen atoms in total. The van der Waals surface area contributed by atoms with E-state index < -0.39 is 0 Å². The van der Waals surface area contributed by atoms with Crippen molar-refractivity contribution in [2.45, 2.75) is 52.1 Å². The minimum absolute atomic E-state index is 0.511. The van der Waals surface area contributed by atoms with Gasteiger partial charge in [0, 0.05) is 30.9 Å². The number of imidazole rings is 1. The lowest BCUT2D eigenvalue weighted by atomic mass is 10.1. The average molecular weight is 221 g/mol. The Morgan fingerprint density at radius 2 is 2.25 bits per heavy atom. The molecule has 1 unspecified atom stereocenters. The number of hydrogen-bond acceptors (Lipinski definition) is 2. The molecule has 0 spiro atoms. The van der Waals surface area contributed by atoms with Crippen LogP contribution in [0.3, 0.4) is 0 Å². The number of hydrogen-bond donors (Lipinski definition) is 1. The highest BCUT2D eigenvalue weighted by atomic mass is 15.1. The first-order valence-corrected chi connectivity index (χ1v) is 6.46. The van der Waals surface area contributed by atoms with Gasteiger partial charge in [-0.2, -0.15) is 0 Å². The van der Waals surface area contributed by atoms with Crippen LogP contribution in [0, 0.1) is 5.92 Å². The number of nitrogens with one attached hydrogen (secondary N) is 1. The molecule has 1 aromatic rings. The molecule has 1 aliphatic carbocycles. The van der Waals surface area contributed by atoms with Gasteiger partial charge in [0.05, 0.1) is 0 Å². The molecule has 1 atom stereocenters. The second kappa shape index (κ2) is 5.00. The summed E-state index contributed by atoms with van der Waals surface area (Å²) in [5.74, 6) is 2.61. The highest BCUT2D eigenvalue weighted by molar-refractivity contribution is 4.99. The topological polar surface area (TPSA) is 29.9 Å². The Labute approximate surface area is 98.3 Å². The van der Waals surface area contributed by atoms with Crippen LogP contribution in [0.5, 0.6) is 0 Å². The fraction of sp³-hybridized carbons (Fsp3) is 0.769. The molecule has 0 aliphatic heterocycles. The third-order valence-corrected chi connectivity index (χ3v) is 3.31. The van der Waals surface area contributed by atoms with Crippen LogP contribution in [-0.2, 0) is 6.54 Å². The molecule has 1 aliphatic rings.